The van der Waals surface area contributed by atoms with Gasteiger partial charge in [-0.2, -0.15) is 14.7 Å². The average Bonchev–Trinajstić information content (AvgIpc) is 2.64. The van der Waals surface area contributed by atoms with Crippen molar-refractivity contribution in [2.45, 2.75) is 20.3 Å². The number of nitrogens with one attached hydrogen (secondary N) is 1. The van der Waals surface area contributed by atoms with E-state index in [4.69, 9.17) is 0 Å². The molecule has 3 aromatic rings. The van der Waals surface area contributed by atoms with Gasteiger partial charge in [0.2, 0.25) is 0 Å². The quantitative estimate of drug-likeness (QED) is 0.323. The van der Waals surface area contributed by atoms with Crippen molar-refractivity contribution in [1.29, 1.82) is 5.26 Å². The predicted octanol–water partition coefficient (Wildman–Crippen LogP) is 2.11. The Morgan fingerprint density at radius 3 is 2.00 bits per heavy atom. The Morgan fingerprint density at radius 2 is 1.48 bits per heavy atom. The molecule has 1 aromatic heterocycles. The van der Waals surface area contributed by atoms with Crippen molar-refractivity contribution in [3.05, 3.63) is 51.4 Å². The second kappa shape index (κ2) is 7.25. The van der Waals surface area contributed by atoms with E-state index < -0.39 is 0 Å². The molecular formula is C20H23N5O2. The molecule has 7 nitrogen and oxygen atoms in total. The molecule has 0 amide bonds. The Kier molecular flexibility index (Phi) is 5.02. The Morgan fingerprint density at radius 1 is 0.963 bits per heavy atom. The van der Waals surface area contributed by atoms with Gasteiger partial charge in [-0.05, 0) is 52.0 Å². The lowest BCUT2D eigenvalue weighted by atomic mass is 10.1. The first-order valence-electron chi connectivity index (χ1n) is 8.86. The molecule has 0 aliphatic heterocycles. The minimum atomic E-state index is 0.191. The number of aryl methyl sites for hydroxylation is 2. The maximum Gasteiger partial charge on any atom is 0.292 e. The summed E-state index contributed by atoms with van der Waals surface area (Å²) in [6.07, 6.45) is 0.894. The third-order valence-corrected chi connectivity index (χ3v) is 4.80. The molecule has 2 aromatic carbocycles. The van der Waals surface area contributed by atoms with Crippen LogP contribution in [0.3, 0.4) is 0 Å². The molecule has 1 N–H and O–H groups in total. The smallest absolute Gasteiger partial charge is 0.292 e. The number of rotatable bonds is 5. The van der Waals surface area contributed by atoms with Gasteiger partial charge >= 0.3 is 0 Å². The van der Waals surface area contributed by atoms with E-state index in [0.29, 0.717) is 28.8 Å². The number of nitriles is 1. The number of aromatic nitrogens is 2. The highest BCUT2D eigenvalue weighted by atomic mass is 16.5. The van der Waals surface area contributed by atoms with E-state index in [-0.39, 0.29) is 11.0 Å². The van der Waals surface area contributed by atoms with E-state index in [2.05, 4.69) is 16.3 Å². The molecule has 0 spiro atoms. The van der Waals surface area contributed by atoms with Crippen LogP contribution < -0.4 is 14.8 Å². The molecule has 27 heavy (non-hydrogen) atoms. The predicted molar refractivity (Wildman–Crippen MR) is 105 cm³/mol. The molecule has 0 bridgehead atoms. The number of benzene rings is 2. The van der Waals surface area contributed by atoms with E-state index in [1.807, 2.05) is 27.9 Å². The van der Waals surface area contributed by atoms with Crippen LogP contribution in [0.15, 0.2) is 24.3 Å². The summed E-state index contributed by atoms with van der Waals surface area (Å²) < 4.78 is 1.51. The molecule has 0 unspecified atom stereocenters. The largest absolute Gasteiger partial charge is 0.617 e. The van der Waals surface area contributed by atoms with Gasteiger partial charge in [-0.25, -0.2) is 0 Å². The molecule has 0 fully saturated rings. The summed E-state index contributed by atoms with van der Waals surface area (Å²) in [5.41, 5.74) is 3.86. The summed E-state index contributed by atoms with van der Waals surface area (Å²) in [6, 6.07) is 8.64. The zero-order chi connectivity index (χ0) is 19.7. The minimum Gasteiger partial charge on any atom is -0.617 e. The third-order valence-electron chi connectivity index (χ3n) is 4.80. The van der Waals surface area contributed by atoms with E-state index in [1.165, 1.54) is 6.07 Å². The molecule has 1 heterocycles. The maximum absolute atomic E-state index is 12.9. The molecule has 0 atom stereocenters. The Bertz CT molecular complexity index is 1070. The first-order chi connectivity index (χ1) is 12.8. The third kappa shape index (κ3) is 3.44. The fourth-order valence-electron chi connectivity index (χ4n) is 3.13. The zero-order valence-electron chi connectivity index (χ0n) is 16.0. The van der Waals surface area contributed by atoms with E-state index in [9.17, 15) is 15.7 Å². The summed E-state index contributed by atoms with van der Waals surface area (Å²) >= 11 is 0. The van der Waals surface area contributed by atoms with Gasteiger partial charge in [0.1, 0.15) is 6.07 Å². The lowest BCUT2D eigenvalue weighted by Gasteiger charge is -2.13. The lowest BCUT2D eigenvalue weighted by Crippen LogP contribution is -2.39. The van der Waals surface area contributed by atoms with Crippen molar-refractivity contribution in [2.75, 3.05) is 32.5 Å². The van der Waals surface area contributed by atoms with Gasteiger partial charge < -0.3 is 20.6 Å². The summed E-state index contributed by atoms with van der Waals surface area (Å²) in [6.45, 7) is 5.38. The van der Waals surface area contributed by atoms with Crippen molar-refractivity contribution in [2.24, 2.45) is 0 Å². The highest BCUT2D eigenvalue weighted by molar-refractivity contribution is 5.82. The normalized spacial score (nSPS) is 11.3. The standard InChI is InChI=1S/C20H23N5O2/c1-13-8-17-18(9-14(13)2)25(27)20-11-16(22-6-5-7-23(3)4)15(12-21)10-19(20)24(17)26/h8-11,22H,5-7H2,1-4H3. The molecular weight excluding hydrogens is 342 g/mol. The van der Waals surface area contributed by atoms with E-state index in [0.717, 1.165) is 33.6 Å². The Labute approximate surface area is 158 Å². The number of nitrogens with zero attached hydrogens (tertiary/aromatic N) is 4. The molecule has 0 aliphatic carbocycles. The molecule has 0 radical (unpaired) electrons. The Balaban J connectivity index is 2.15. The highest BCUT2D eigenvalue weighted by Crippen LogP contribution is 2.23. The topological polar surface area (TPSA) is 92.9 Å². The van der Waals surface area contributed by atoms with Gasteiger partial charge in [0.05, 0.1) is 11.3 Å². The summed E-state index contributed by atoms with van der Waals surface area (Å²) in [5, 5.41) is 38.5. The SMILES string of the molecule is Cc1cc2c(cc1C)[n+]([O-])c1cc(NCCCN(C)C)c(C#N)cc1[n+]2[O-]. The fourth-order valence-corrected chi connectivity index (χ4v) is 3.13. The van der Waals surface area contributed by atoms with Crippen LogP contribution in [-0.4, -0.2) is 32.1 Å². The first kappa shape index (κ1) is 18.7. The minimum absolute atomic E-state index is 0.191. The molecule has 0 saturated heterocycles. The summed E-state index contributed by atoms with van der Waals surface area (Å²) in [4.78, 5) is 2.08. The van der Waals surface area contributed by atoms with Gasteiger partial charge in [-0.1, -0.05) is 0 Å². The second-order valence-electron chi connectivity index (χ2n) is 7.10. The van der Waals surface area contributed by atoms with E-state index in [1.54, 1.807) is 18.2 Å². The molecule has 7 heteroatoms. The van der Waals surface area contributed by atoms with Gasteiger partial charge in [-0.3, -0.25) is 0 Å². The van der Waals surface area contributed by atoms with Gasteiger partial charge in [0.25, 0.3) is 22.1 Å². The van der Waals surface area contributed by atoms with Crippen molar-refractivity contribution in [3.63, 3.8) is 0 Å². The summed E-state index contributed by atoms with van der Waals surface area (Å²) in [7, 11) is 4.00. The second-order valence-corrected chi connectivity index (χ2v) is 7.10. The molecule has 0 saturated carbocycles. The lowest BCUT2D eigenvalue weighted by molar-refractivity contribution is -0.591. The van der Waals surface area contributed by atoms with Crippen LogP contribution in [-0.2, 0) is 0 Å². The highest BCUT2D eigenvalue weighted by Gasteiger charge is 2.24. The fraction of sp³-hybridized carbons (Fsp3) is 0.350. The van der Waals surface area contributed by atoms with Crippen LogP contribution in [0.4, 0.5) is 5.69 Å². The maximum atomic E-state index is 12.9. The van der Waals surface area contributed by atoms with Crippen LogP contribution in [0.5, 0.6) is 0 Å². The molecule has 140 valence electrons. The number of anilines is 1. The van der Waals surface area contributed by atoms with Crippen molar-refractivity contribution in [3.8, 4) is 6.07 Å². The summed E-state index contributed by atoms with van der Waals surface area (Å²) in [5.74, 6) is 0. The molecule has 3 rings (SSSR count). The van der Waals surface area contributed by atoms with Crippen LogP contribution in [0, 0.1) is 35.6 Å². The number of hydrogen-bond acceptors (Lipinski definition) is 5. The zero-order valence-corrected chi connectivity index (χ0v) is 16.0. The van der Waals surface area contributed by atoms with Crippen LogP contribution in [0.25, 0.3) is 22.1 Å². The van der Waals surface area contributed by atoms with Crippen LogP contribution in [0.1, 0.15) is 23.1 Å². The van der Waals surface area contributed by atoms with Crippen LogP contribution >= 0.6 is 0 Å². The molecule has 0 aliphatic rings. The number of fused-ring (bicyclic) bond motifs is 2. The van der Waals surface area contributed by atoms with Crippen molar-refractivity contribution >= 4 is 27.8 Å². The van der Waals surface area contributed by atoms with Gasteiger partial charge in [0.15, 0.2) is 0 Å². The van der Waals surface area contributed by atoms with Gasteiger partial charge in [-0.15, -0.1) is 0 Å². The van der Waals surface area contributed by atoms with Crippen molar-refractivity contribution < 1.29 is 9.46 Å². The first-order valence-corrected chi connectivity index (χ1v) is 8.86. The van der Waals surface area contributed by atoms with Crippen molar-refractivity contribution in [1.82, 2.24) is 4.90 Å². The Hall–Kier alpha value is -3.11. The van der Waals surface area contributed by atoms with Crippen LogP contribution in [0.2, 0.25) is 0 Å². The monoisotopic (exact) mass is 365 g/mol. The number of hydrogen-bond donors (Lipinski definition) is 1. The average molecular weight is 365 g/mol. The van der Waals surface area contributed by atoms with E-state index >= 15 is 0 Å². The van der Waals surface area contributed by atoms with Gasteiger partial charge in [0, 0.05) is 30.8 Å².